The van der Waals surface area contributed by atoms with Crippen molar-refractivity contribution in [1.82, 2.24) is 0 Å². The lowest BCUT2D eigenvalue weighted by Gasteiger charge is -2.17. The summed E-state index contributed by atoms with van der Waals surface area (Å²) < 4.78 is 5.45. The number of hydrogen-bond acceptors (Lipinski definition) is 4. The normalized spacial score (nSPS) is 13.9. The van der Waals surface area contributed by atoms with E-state index in [1.807, 2.05) is 30.3 Å². The number of methoxy groups -OCH3 is 1. The van der Waals surface area contributed by atoms with Crippen molar-refractivity contribution in [3.63, 3.8) is 0 Å². The van der Waals surface area contributed by atoms with Gasteiger partial charge in [0.05, 0.1) is 33.3 Å². The number of rotatable bonds is 5. The highest BCUT2D eigenvalue weighted by Crippen LogP contribution is 2.45. The van der Waals surface area contributed by atoms with Crippen molar-refractivity contribution >= 4 is 58.0 Å². The van der Waals surface area contributed by atoms with Crippen LogP contribution in [0.5, 0.6) is 5.75 Å². The average Bonchev–Trinajstić information content (AvgIpc) is 3.00. The van der Waals surface area contributed by atoms with Gasteiger partial charge in [0, 0.05) is 10.5 Å². The van der Waals surface area contributed by atoms with Crippen molar-refractivity contribution in [3.8, 4) is 5.75 Å². The third-order valence-corrected chi connectivity index (χ3v) is 6.45. The summed E-state index contributed by atoms with van der Waals surface area (Å²) in [5, 5.41) is 0.406. The van der Waals surface area contributed by atoms with E-state index < -0.39 is 11.8 Å². The molecule has 1 aliphatic rings. The van der Waals surface area contributed by atoms with Gasteiger partial charge in [-0.1, -0.05) is 77.4 Å². The minimum atomic E-state index is -0.480. The van der Waals surface area contributed by atoms with Crippen molar-refractivity contribution < 1.29 is 14.3 Å². The molecule has 0 atom stereocenters. The maximum atomic E-state index is 13.5. The second kappa shape index (κ2) is 8.56. The fraction of sp³-hybridized carbons (Fsp3) is 0.0435. The molecule has 0 saturated carbocycles. The van der Waals surface area contributed by atoms with Crippen molar-refractivity contribution in [2.45, 2.75) is 4.90 Å². The Morgan fingerprint density at radius 2 is 1.53 bits per heavy atom. The van der Waals surface area contributed by atoms with E-state index in [0.29, 0.717) is 16.2 Å². The van der Waals surface area contributed by atoms with Crippen molar-refractivity contribution in [1.29, 1.82) is 0 Å². The molecular formula is C23H15Cl2NO3S. The van der Waals surface area contributed by atoms with Gasteiger partial charge in [-0.25, -0.2) is 4.90 Å². The largest absolute Gasteiger partial charge is 0.496 e. The summed E-state index contributed by atoms with van der Waals surface area (Å²) in [6.07, 6.45) is 0. The Labute approximate surface area is 188 Å². The lowest BCUT2D eigenvalue weighted by molar-refractivity contribution is -0.119. The first-order valence-electron chi connectivity index (χ1n) is 8.96. The summed E-state index contributed by atoms with van der Waals surface area (Å²) in [5.74, 6) is -0.440. The molecule has 3 aromatic rings. The van der Waals surface area contributed by atoms with Crippen LogP contribution >= 0.6 is 35.0 Å². The maximum Gasteiger partial charge on any atom is 0.272 e. The Balaban J connectivity index is 1.89. The molecule has 0 N–H and O–H groups in total. The standard InChI is InChI=1S/C23H15Cl2NO3S/c1-29-18-13-6-5-10-15(18)19-21(30-14-8-3-2-4-9-14)23(28)26(22(19)27)17-12-7-11-16(24)20(17)25/h2-13H,1H3. The van der Waals surface area contributed by atoms with Gasteiger partial charge in [0.25, 0.3) is 11.8 Å². The molecule has 30 heavy (non-hydrogen) atoms. The van der Waals surface area contributed by atoms with Gasteiger partial charge in [0.15, 0.2) is 0 Å². The molecule has 4 rings (SSSR count). The molecular weight excluding hydrogens is 441 g/mol. The number of nitrogens with zero attached hydrogens (tertiary/aromatic N) is 1. The number of amides is 2. The zero-order chi connectivity index (χ0) is 21.3. The first kappa shape index (κ1) is 20.5. The summed E-state index contributed by atoms with van der Waals surface area (Å²) in [6, 6.07) is 21.3. The highest BCUT2D eigenvalue weighted by atomic mass is 35.5. The zero-order valence-electron chi connectivity index (χ0n) is 15.8. The van der Waals surface area contributed by atoms with Crippen LogP contribution in [-0.4, -0.2) is 18.9 Å². The Hall–Kier alpha value is -2.73. The molecule has 7 heteroatoms. The Morgan fingerprint density at radius 1 is 0.833 bits per heavy atom. The predicted molar refractivity (Wildman–Crippen MR) is 121 cm³/mol. The lowest BCUT2D eigenvalue weighted by Crippen LogP contribution is -2.31. The molecule has 0 fully saturated rings. The van der Waals surface area contributed by atoms with E-state index in [2.05, 4.69) is 0 Å². The summed E-state index contributed by atoms with van der Waals surface area (Å²) in [5.41, 5.74) is 1.05. The van der Waals surface area contributed by atoms with E-state index >= 15 is 0 Å². The fourth-order valence-electron chi connectivity index (χ4n) is 3.18. The maximum absolute atomic E-state index is 13.5. The van der Waals surface area contributed by atoms with E-state index in [-0.39, 0.29) is 21.3 Å². The highest BCUT2D eigenvalue weighted by molar-refractivity contribution is 8.04. The molecule has 2 amide bonds. The van der Waals surface area contributed by atoms with Crippen LogP contribution < -0.4 is 9.64 Å². The minimum absolute atomic E-state index is 0.145. The van der Waals surface area contributed by atoms with Crippen LogP contribution in [0, 0.1) is 0 Å². The van der Waals surface area contributed by atoms with E-state index in [4.69, 9.17) is 27.9 Å². The van der Waals surface area contributed by atoms with Gasteiger partial charge in [-0.05, 0) is 30.3 Å². The molecule has 0 aromatic heterocycles. The van der Waals surface area contributed by atoms with Gasteiger partial charge in [-0.15, -0.1) is 0 Å². The van der Waals surface area contributed by atoms with Gasteiger partial charge in [-0.3, -0.25) is 9.59 Å². The second-order valence-electron chi connectivity index (χ2n) is 6.34. The molecule has 0 spiro atoms. The van der Waals surface area contributed by atoms with Gasteiger partial charge in [-0.2, -0.15) is 0 Å². The van der Waals surface area contributed by atoms with Gasteiger partial charge < -0.3 is 4.74 Å². The first-order chi connectivity index (χ1) is 14.5. The first-order valence-corrected chi connectivity index (χ1v) is 10.5. The van der Waals surface area contributed by atoms with E-state index in [9.17, 15) is 9.59 Å². The van der Waals surface area contributed by atoms with Crippen molar-refractivity contribution in [3.05, 3.63) is 93.3 Å². The van der Waals surface area contributed by atoms with Crippen LogP contribution in [0.25, 0.3) is 5.57 Å². The fourth-order valence-corrected chi connectivity index (χ4v) is 4.57. The number of imide groups is 1. The molecule has 3 aromatic carbocycles. The highest BCUT2D eigenvalue weighted by Gasteiger charge is 2.42. The molecule has 0 aliphatic carbocycles. The van der Waals surface area contributed by atoms with Crippen LogP contribution in [0.4, 0.5) is 5.69 Å². The molecule has 1 heterocycles. The molecule has 4 nitrogen and oxygen atoms in total. The predicted octanol–water partition coefficient (Wildman–Crippen LogP) is 6.08. The number of ether oxygens (including phenoxy) is 1. The Bertz CT molecular complexity index is 1180. The zero-order valence-corrected chi connectivity index (χ0v) is 18.1. The number of carbonyl (C=O) groups is 2. The topological polar surface area (TPSA) is 46.6 Å². The third kappa shape index (κ3) is 3.60. The smallest absolute Gasteiger partial charge is 0.272 e. The molecule has 0 bridgehead atoms. The van der Waals surface area contributed by atoms with Gasteiger partial charge >= 0.3 is 0 Å². The number of carbonyl (C=O) groups excluding carboxylic acids is 2. The summed E-state index contributed by atoms with van der Waals surface area (Å²) in [7, 11) is 1.52. The molecule has 0 unspecified atom stereocenters. The van der Waals surface area contributed by atoms with Gasteiger partial charge in [0.1, 0.15) is 5.75 Å². The Kier molecular flexibility index (Phi) is 5.86. The van der Waals surface area contributed by atoms with Crippen LogP contribution in [0.1, 0.15) is 5.56 Å². The quantitative estimate of drug-likeness (QED) is 0.437. The Morgan fingerprint density at radius 3 is 2.27 bits per heavy atom. The molecule has 0 saturated heterocycles. The molecule has 1 aliphatic heterocycles. The minimum Gasteiger partial charge on any atom is -0.496 e. The monoisotopic (exact) mass is 455 g/mol. The summed E-state index contributed by atoms with van der Waals surface area (Å²) >= 11 is 13.7. The summed E-state index contributed by atoms with van der Waals surface area (Å²) in [6.45, 7) is 0. The van der Waals surface area contributed by atoms with Crippen LogP contribution in [0.3, 0.4) is 0 Å². The van der Waals surface area contributed by atoms with E-state index in [1.54, 1.807) is 42.5 Å². The lowest BCUT2D eigenvalue weighted by atomic mass is 10.0. The van der Waals surface area contributed by atoms with Crippen LogP contribution in [0.2, 0.25) is 10.0 Å². The van der Waals surface area contributed by atoms with Crippen LogP contribution in [0.15, 0.2) is 82.6 Å². The van der Waals surface area contributed by atoms with Crippen molar-refractivity contribution in [2.75, 3.05) is 12.0 Å². The van der Waals surface area contributed by atoms with E-state index in [1.165, 1.54) is 18.9 Å². The number of benzene rings is 3. The SMILES string of the molecule is COc1ccccc1C1=C(Sc2ccccc2)C(=O)N(c2cccc(Cl)c2Cl)C1=O. The molecule has 150 valence electrons. The number of anilines is 1. The molecule has 0 radical (unpaired) electrons. The van der Waals surface area contributed by atoms with Crippen LogP contribution in [-0.2, 0) is 9.59 Å². The summed E-state index contributed by atoms with van der Waals surface area (Å²) in [4.78, 5) is 29.2. The van der Waals surface area contributed by atoms with E-state index in [0.717, 1.165) is 9.80 Å². The third-order valence-electron chi connectivity index (χ3n) is 4.55. The second-order valence-corrected chi connectivity index (χ2v) is 8.21. The number of halogens is 2. The van der Waals surface area contributed by atoms with Gasteiger partial charge in [0.2, 0.25) is 0 Å². The average molecular weight is 456 g/mol. The number of para-hydroxylation sites is 1. The van der Waals surface area contributed by atoms with Crippen molar-refractivity contribution in [2.24, 2.45) is 0 Å². The number of thioether (sulfide) groups is 1. The number of hydrogen-bond donors (Lipinski definition) is 0.